The molecule has 202 valence electrons. The molecular weight excluding hydrogens is 553 g/mol. The van der Waals surface area contributed by atoms with Gasteiger partial charge in [-0.3, -0.25) is 19.6 Å². The number of aliphatic imine (C=N–C) groups is 1. The van der Waals surface area contributed by atoms with Crippen molar-refractivity contribution in [3.8, 4) is 0 Å². The molecule has 0 saturated heterocycles. The number of carbonyl (C=O) groups excluding carboxylic acids is 2. The maximum absolute atomic E-state index is 13.7. The van der Waals surface area contributed by atoms with Crippen LogP contribution in [-0.4, -0.2) is 52.9 Å². The number of hydrogen-bond acceptors (Lipinski definition) is 5. The number of carboxylic acid groups (broad SMARTS) is 1. The van der Waals surface area contributed by atoms with Crippen LogP contribution < -0.4 is 10.3 Å². The summed E-state index contributed by atoms with van der Waals surface area (Å²) in [5.74, 6) is -4.65. The highest BCUT2D eigenvalue weighted by Crippen LogP contribution is 2.32. The van der Waals surface area contributed by atoms with Crippen LogP contribution in [0.15, 0.2) is 65.7 Å². The summed E-state index contributed by atoms with van der Waals surface area (Å²) >= 11 is 12.7. The largest absolute Gasteiger partial charge is 0.480 e. The molecule has 1 aliphatic heterocycles. The molecule has 12 heteroatoms. The van der Waals surface area contributed by atoms with E-state index in [-0.39, 0.29) is 11.3 Å². The summed E-state index contributed by atoms with van der Waals surface area (Å²) < 4.78 is 27.4. The highest BCUT2D eigenvalue weighted by atomic mass is 35.5. The van der Waals surface area contributed by atoms with Crippen LogP contribution >= 0.6 is 23.2 Å². The Kier molecular flexibility index (Phi) is 8.29. The Balaban J connectivity index is 1.79. The summed E-state index contributed by atoms with van der Waals surface area (Å²) in [6.07, 6.45) is -2.03. The monoisotopic (exact) mass is 574 g/mol. The molecule has 0 saturated carbocycles. The predicted molar refractivity (Wildman–Crippen MR) is 143 cm³/mol. The lowest BCUT2D eigenvalue weighted by molar-refractivity contribution is -0.153. The Morgan fingerprint density at radius 1 is 1.08 bits per heavy atom. The Bertz CT molecular complexity index is 1480. The van der Waals surface area contributed by atoms with Crippen molar-refractivity contribution in [1.29, 1.82) is 0 Å². The van der Waals surface area contributed by atoms with E-state index < -0.39 is 48.0 Å². The Morgan fingerprint density at radius 3 is 2.38 bits per heavy atom. The zero-order chi connectivity index (χ0) is 28.4. The van der Waals surface area contributed by atoms with Crippen molar-refractivity contribution in [3.05, 3.63) is 99.0 Å². The first-order valence-electron chi connectivity index (χ1n) is 11.6. The molecule has 39 heavy (non-hydrogen) atoms. The lowest BCUT2D eigenvalue weighted by Crippen LogP contribution is -2.58. The van der Waals surface area contributed by atoms with Gasteiger partial charge in [0, 0.05) is 34.3 Å². The first kappa shape index (κ1) is 28.2. The van der Waals surface area contributed by atoms with E-state index in [1.165, 1.54) is 18.9 Å². The van der Waals surface area contributed by atoms with E-state index in [0.29, 0.717) is 32.9 Å². The normalized spacial score (nSPS) is 15.7. The van der Waals surface area contributed by atoms with Crippen LogP contribution in [0.25, 0.3) is 0 Å². The molecular formula is C27H22Cl2F2N4O4. The molecule has 4 rings (SSSR count). The summed E-state index contributed by atoms with van der Waals surface area (Å²) in [4.78, 5) is 44.6. The second kappa shape index (κ2) is 11.5. The average molecular weight is 575 g/mol. The molecule has 1 aliphatic rings. The molecule has 8 nitrogen and oxygen atoms in total. The maximum Gasteiger partial charge on any atom is 0.327 e. The van der Waals surface area contributed by atoms with Crippen LogP contribution in [0.5, 0.6) is 0 Å². The average Bonchev–Trinajstić information content (AvgIpc) is 2.96. The van der Waals surface area contributed by atoms with E-state index >= 15 is 0 Å². The van der Waals surface area contributed by atoms with E-state index in [0.717, 1.165) is 17.1 Å². The van der Waals surface area contributed by atoms with Gasteiger partial charge in [0.2, 0.25) is 5.91 Å². The maximum atomic E-state index is 13.7. The van der Waals surface area contributed by atoms with Gasteiger partial charge in [0.05, 0.1) is 17.8 Å². The summed E-state index contributed by atoms with van der Waals surface area (Å²) in [5, 5.41) is 11.1. The van der Waals surface area contributed by atoms with Gasteiger partial charge in [0.15, 0.2) is 6.17 Å². The minimum atomic E-state index is -1.48. The minimum absolute atomic E-state index is 0.0199. The zero-order valence-electron chi connectivity index (χ0n) is 20.7. The summed E-state index contributed by atoms with van der Waals surface area (Å²) in [6.45, 7) is 1.22. The van der Waals surface area contributed by atoms with Crippen molar-refractivity contribution < 1.29 is 28.3 Å². The summed E-state index contributed by atoms with van der Waals surface area (Å²) in [6, 6.07) is 12.7. The fourth-order valence-corrected chi connectivity index (χ4v) is 4.51. The van der Waals surface area contributed by atoms with Crippen LogP contribution in [0.1, 0.15) is 23.6 Å². The van der Waals surface area contributed by atoms with Crippen molar-refractivity contribution in [2.75, 3.05) is 11.9 Å². The number of fused-ring (bicyclic) bond motifs is 1. The molecule has 2 N–H and O–H groups in total. The zero-order valence-corrected chi connectivity index (χ0v) is 22.2. The van der Waals surface area contributed by atoms with Gasteiger partial charge in [-0.2, -0.15) is 5.43 Å². The molecule has 0 fully saturated rings. The first-order valence-corrected chi connectivity index (χ1v) is 12.4. The van der Waals surface area contributed by atoms with Crippen LogP contribution in [0.3, 0.4) is 0 Å². The molecule has 3 aromatic rings. The molecule has 1 heterocycles. The van der Waals surface area contributed by atoms with Gasteiger partial charge in [-0.1, -0.05) is 41.4 Å². The van der Waals surface area contributed by atoms with Gasteiger partial charge in [-0.05, 0) is 48.9 Å². The number of carboxylic acids is 1. The van der Waals surface area contributed by atoms with E-state index in [1.807, 2.05) is 0 Å². The number of carbonyl (C=O) groups is 3. The van der Waals surface area contributed by atoms with Gasteiger partial charge >= 0.3 is 5.97 Å². The van der Waals surface area contributed by atoms with E-state index in [2.05, 4.69) is 10.4 Å². The predicted octanol–water partition coefficient (Wildman–Crippen LogP) is 4.46. The minimum Gasteiger partial charge on any atom is -0.480 e. The van der Waals surface area contributed by atoms with Crippen molar-refractivity contribution in [3.63, 3.8) is 0 Å². The van der Waals surface area contributed by atoms with Crippen LogP contribution in [0.4, 0.5) is 14.5 Å². The molecule has 1 unspecified atom stereocenters. The summed E-state index contributed by atoms with van der Waals surface area (Å²) in [5.41, 5.74) is 4.29. The molecule has 0 spiro atoms. The van der Waals surface area contributed by atoms with Crippen LogP contribution in [0, 0.1) is 11.6 Å². The number of halogens is 4. The van der Waals surface area contributed by atoms with E-state index in [9.17, 15) is 28.3 Å². The van der Waals surface area contributed by atoms with E-state index in [1.54, 1.807) is 42.5 Å². The third-order valence-electron chi connectivity index (χ3n) is 6.08. The van der Waals surface area contributed by atoms with Gasteiger partial charge in [-0.15, -0.1) is 0 Å². The number of likely N-dealkylation sites (N-methyl/N-ethyl adjacent to an activating group) is 1. The second-order valence-electron chi connectivity index (χ2n) is 8.78. The lowest BCUT2D eigenvalue weighted by Gasteiger charge is -2.30. The Morgan fingerprint density at radius 2 is 1.74 bits per heavy atom. The number of nitrogens with zero attached hydrogens (tertiary/aromatic N) is 3. The highest BCUT2D eigenvalue weighted by molar-refractivity contribution is 6.37. The highest BCUT2D eigenvalue weighted by Gasteiger charge is 2.35. The van der Waals surface area contributed by atoms with Crippen LogP contribution in [-0.2, 0) is 20.8 Å². The van der Waals surface area contributed by atoms with Gasteiger partial charge in [-0.25, -0.2) is 13.6 Å². The van der Waals surface area contributed by atoms with E-state index in [4.69, 9.17) is 23.2 Å². The van der Waals surface area contributed by atoms with Gasteiger partial charge < -0.3 is 10.0 Å². The third kappa shape index (κ3) is 6.08. The molecule has 2 atom stereocenters. The number of nitrogens with one attached hydrogen (secondary N) is 1. The lowest BCUT2D eigenvalue weighted by atomic mass is 10.00. The molecule has 2 amide bonds. The number of hydrogen-bond donors (Lipinski definition) is 2. The van der Waals surface area contributed by atoms with Crippen LogP contribution in [0.2, 0.25) is 10.0 Å². The molecule has 0 bridgehead atoms. The topological polar surface area (TPSA) is 102 Å². The number of rotatable bonds is 7. The molecule has 3 aromatic carbocycles. The fraction of sp³-hybridized carbons (Fsp3) is 0.185. The molecule has 0 aliphatic carbocycles. The number of hydrazine groups is 1. The van der Waals surface area contributed by atoms with Crippen molar-refractivity contribution >= 4 is 52.4 Å². The Labute approximate surface area is 232 Å². The number of benzodiazepines with no additional fused rings is 1. The fourth-order valence-electron chi connectivity index (χ4n) is 4.11. The van der Waals surface area contributed by atoms with Gasteiger partial charge in [0.1, 0.15) is 17.7 Å². The number of benzene rings is 3. The second-order valence-corrected chi connectivity index (χ2v) is 9.62. The molecule has 0 aromatic heterocycles. The van der Waals surface area contributed by atoms with Crippen molar-refractivity contribution in [2.24, 2.45) is 4.99 Å². The quantitative estimate of drug-likeness (QED) is 0.406. The number of anilines is 1. The number of amides is 2. The standard InChI is InChI=1S/C27H22Cl2F2N4O4/c1-14(27(38)39)35(23(36)11-15-9-17(30)13-18(31)10-15)33-25-26(37)34(2)22-8-7-16(28)12-20(22)24(32-25)19-5-3-4-6-21(19)29/h3-10,12-14,25,33H,11H2,1-2H3,(H,38,39)/t14-,25?/m0/s1. The SMILES string of the molecule is C[C@@H](C(=O)O)N(NC1N=C(c2ccccc2Cl)c2cc(Cl)ccc2N(C)C1=O)C(=O)Cc1cc(F)cc(F)c1. The van der Waals surface area contributed by atoms with Crippen molar-refractivity contribution in [2.45, 2.75) is 25.6 Å². The Hall–Kier alpha value is -3.86. The third-order valence-corrected chi connectivity index (χ3v) is 6.64. The number of aliphatic carboxylic acids is 1. The van der Waals surface area contributed by atoms with Gasteiger partial charge in [0.25, 0.3) is 5.91 Å². The smallest absolute Gasteiger partial charge is 0.327 e. The van der Waals surface area contributed by atoms with Crippen molar-refractivity contribution in [1.82, 2.24) is 10.4 Å². The molecule has 0 radical (unpaired) electrons. The summed E-state index contributed by atoms with van der Waals surface area (Å²) in [7, 11) is 1.50. The first-order chi connectivity index (χ1) is 18.5.